The Hall–Kier alpha value is -5.83. The van der Waals surface area contributed by atoms with Crippen molar-refractivity contribution in [2.75, 3.05) is 12.4 Å². The summed E-state index contributed by atoms with van der Waals surface area (Å²) >= 11 is 5.66. The molecule has 1 saturated heterocycles. The van der Waals surface area contributed by atoms with Gasteiger partial charge in [0, 0.05) is 55.5 Å². The Labute approximate surface area is 332 Å². The number of halogens is 3. The Morgan fingerprint density at radius 1 is 0.860 bits per heavy atom. The molecule has 0 radical (unpaired) electrons. The zero-order valence-electron chi connectivity index (χ0n) is 31.3. The molecule has 4 atom stereocenters. The number of fused-ring (bicyclic) bond motifs is 1. The van der Waals surface area contributed by atoms with E-state index in [2.05, 4.69) is 26.3 Å². The second-order valence-electron chi connectivity index (χ2n) is 14.1. The first-order valence-electron chi connectivity index (χ1n) is 18.6. The summed E-state index contributed by atoms with van der Waals surface area (Å²) < 4.78 is 28.5. The molecule has 1 aliphatic heterocycles. The van der Waals surface area contributed by atoms with Crippen molar-refractivity contribution in [3.8, 4) is 0 Å². The fraction of sp³-hybridized carbons (Fsp3) is 0.366. The number of nitrogens with one attached hydrogen (secondary N) is 5. The molecule has 1 fully saturated rings. The number of aliphatic carboxylic acids is 1. The molecule has 5 amide bonds. The van der Waals surface area contributed by atoms with Gasteiger partial charge in [0.05, 0.1) is 0 Å². The Balaban J connectivity index is 1.42. The molecular weight excluding hydrogens is 762 g/mol. The Morgan fingerprint density at radius 3 is 2.26 bits per heavy atom. The molecule has 16 heteroatoms. The molecule has 2 heterocycles. The topological polar surface area (TPSA) is 190 Å². The summed E-state index contributed by atoms with van der Waals surface area (Å²) in [6, 6.07) is 12.6. The summed E-state index contributed by atoms with van der Waals surface area (Å²) in [5.74, 6) is -6.83. The maximum atomic E-state index is 14.3. The number of rotatable bonds is 17. The molecule has 0 spiro atoms. The number of aromatic nitrogens is 1. The van der Waals surface area contributed by atoms with Gasteiger partial charge in [-0.25, -0.2) is 8.78 Å². The van der Waals surface area contributed by atoms with E-state index in [0.717, 1.165) is 34.2 Å². The van der Waals surface area contributed by atoms with Crippen molar-refractivity contribution in [1.29, 1.82) is 0 Å². The van der Waals surface area contributed by atoms with E-state index in [1.54, 1.807) is 6.20 Å². The lowest BCUT2D eigenvalue weighted by molar-refractivity contribution is -0.146. The molecule has 0 bridgehead atoms. The van der Waals surface area contributed by atoms with Gasteiger partial charge < -0.3 is 36.3 Å². The molecule has 0 unspecified atom stereocenters. The van der Waals surface area contributed by atoms with Crippen molar-refractivity contribution in [2.45, 2.75) is 82.6 Å². The standard InChI is InChI=1S/C41H45ClF2N6O7/c1-24-9-11-25(12-10-24)22-46-38(54)33(18-26-16-28(43)20-29(44)17-26)48-39(55)34(19-27-23-45-31-7-3-2-6-30(27)31)49-40(56)35-8-4-5-15-50(35)41(57)32(13-14-37(52)53)47-36(51)21-42/h2-3,6-7,9-12,16-17,20,23,32-35,45H,4-5,8,13-15,18-19,21-22H2,1H3,(H,46,54)(H,47,51)(H,48,55)(H,49,56)(H,52,53)/t32-,33-,34-,35-/m0/s1. The number of carboxylic acid groups (broad SMARTS) is 1. The second kappa shape index (κ2) is 19.9. The fourth-order valence-electron chi connectivity index (χ4n) is 6.89. The van der Waals surface area contributed by atoms with Crippen LogP contribution in [0.3, 0.4) is 0 Å². The number of carboxylic acids is 1. The van der Waals surface area contributed by atoms with Crippen molar-refractivity contribution in [3.05, 3.63) is 107 Å². The number of carbonyl (C=O) groups is 6. The summed E-state index contributed by atoms with van der Waals surface area (Å²) in [6.07, 6.45) is 1.98. The van der Waals surface area contributed by atoms with Gasteiger partial charge in [-0.3, -0.25) is 28.8 Å². The molecule has 3 aromatic carbocycles. The number of hydrogen-bond donors (Lipinski definition) is 6. The van der Waals surface area contributed by atoms with Gasteiger partial charge in [-0.1, -0.05) is 48.0 Å². The van der Waals surface area contributed by atoms with Gasteiger partial charge in [0.2, 0.25) is 29.5 Å². The average Bonchev–Trinajstić information content (AvgIpc) is 3.60. The number of aromatic amines is 1. The van der Waals surface area contributed by atoms with Crippen LogP contribution in [0.5, 0.6) is 0 Å². The number of carbonyl (C=O) groups excluding carboxylic acids is 5. The van der Waals surface area contributed by atoms with Crippen molar-refractivity contribution in [3.63, 3.8) is 0 Å². The van der Waals surface area contributed by atoms with E-state index in [4.69, 9.17) is 11.6 Å². The van der Waals surface area contributed by atoms with E-state index in [-0.39, 0.29) is 44.3 Å². The van der Waals surface area contributed by atoms with Gasteiger partial charge >= 0.3 is 5.97 Å². The summed E-state index contributed by atoms with van der Waals surface area (Å²) in [6.45, 7) is 2.15. The van der Waals surface area contributed by atoms with Crippen molar-refractivity contribution < 1.29 is 42.7 Å². The van der Waals surface area contributed by atoms with Crippen LogP contribution in [0.15, 0.2) is 72.9 Å². The van der Waals surface area contributed by atoms with Crippen molar-refractivity contribution >= 4 is 58.0 Å². The monoisotopic (exact) mass is 806 g/mol. The predicted molar refractivity (Wildman–Crippen MR) is 208 cm³/mol. The molecule has 13 nitrogen and oxygen atoms in total. The molecule has 0 aliphatic carbocycles. The highest BCUT2D eigenvalue weighted by atomic mass is 35.5. The molecule has 1 aromatic heterocycles. The minimum atomic E-state index is -1.33. The Kier molecular flexibility index (Phi) is 14.7. The quantitative estimate of drug-likeness (QED) is 0.0876. The predicted octanol–water partition coefficient (Wildman–Crippen LogP) is 3.80. The second-order valence-corrected chi connectivity index (χ2v) is 14.4. The summed E-state index contributed by atoms with van der Waals surface area (Å²) in [7, 11) is 0. The first kappa shape index (κ1) is 42.3. The van der Waals surface area contributed by atoms with Crippen LogP contribution < -0.4 is 21.3 Å². The Morgan fingerprint density at radius 2 is 1.56 bits per heavy atom. The fourth-order valence-corrected chi connectivity index (χ4v) is 6.97. The van der Waals surface area contributed by atoms with Gasteiger partial charge in [-0.2, -0.15) is 0 Å². The zero-order valence-corrected chi connectivity index (χ0v) is 32.0. The highest BCUT2D eigenvalue weighted by Crippen LogP contribution is 2.22. The summed E-state index contributed by atoms with van der Waals surface area (Å²) in [5.41, 5.74) is 3.33. The van der Waals surface area contributed by atoms with Gasteiger partial charge in [-0.05, 0) is 67.5 Å². The van der Waals surface area contributed by atoms with E-state index >= 15 is 0 Å². The largest absolute Gasteiger partial charge is 0.481 e. The molecule has 0 saturated carbocycles. The molecular formula is C41H45ClF2N6O7. The third-order valence-electron chi connectivity index (χ3n) is 9.80. The zero-order chi connectivity index (χ0) is 41.1. The molecule has 1 aliphatic rings. The highest BCUT2D eigenvalue weighted by molar-refractivity contribution is 6.27. The van der Waals surface area contributed by atoms with Gasteiger partial charge in [-0.15, -0.1) is 11.6 Å². The smallest absolute Gasteiger partial charge is 0.303 e. The number of amides is 5. The minimum Gasteiger partial charge on any atom is -0.481 e. The van der Waals surface area contributed by atoms with E-state index in [0.29, 0.717) is 24.5 Å². The van der Waals surface area contributed by atoms with Gasteiger partial charge in [0.25, 0.3) is 0 Å². The summed E-state index contributed by atoms with van der Waals surface area (Å²) in [5, 5.41) is 20.8. The number of H-pyrrole nitrogens is 1. The number of nitrogens with zero attached hydrogens (tertiary/aromatic N) is 1. The number of para-hydroxylation sites is 1. The lowest BCUT2D eigenvalue weighted by atomic mass is 9.97. The van der Waals surface area contributed by atoms with Gasteiger partial charge in [0.15, 0.2) is 0 Å². The minimum absolute atomic E-state index is 0.0540. The molecule has 6 N–H and O–H groups in total. The number of benzene rings is 3. The van der Waals surface area contributed by atoms with E-state index < -0.39 is 83.6 Å². The first-order valence-corrected chi connectivity index (χ1v) is 19.2. The average molecular weight is 807 g/mol. The van der Waals surface area contributed by atoms with E-state index in [1.165, 1.54) is 4.90 Å². The maximum Gasteiger partial charge on any atom is 0.303 e. The van der Waals surface area contributed by atoms with E-state index in [9.17, 15) is 42.7 Å². The normalized spacial score (nSPS) is 15.6. The third-order valence-corrected chi connectivity index (χ3v) is 10.0. The van der Waals surface area contributed by atoms with Gasteiger partial charge in [0.1, 0.15) is 41.7 Å². The number of aryl methyl sites for hydroxylation is 1. The van der Waals surface area contributed by atoms with Crippen LogP contribution >= 0.6 is 11.6 Å². The van der Waals surface area contributed by atoms with Crippen molar-refractivity contribution in [2.24, 2.45) is 0 Å². The lowest BCUT2D eigenvalue weighted by Crippen LogP contribution is -2.61. The summed E-state index contributed by atoms with van der Waals surface area (Å²) in [4.78, 5) is 84.1. The number of piperidine rings is 1. The van der Waals surface area contributed by atoms with E-state index in [1.807, 2.05) is 55.5 Å². The molecule has 5 rings (SSSR count). The SMILES string of the molecule is Cc1ccc(CNC(=O)[C@H](Cc2cc(F)cc(F)c2)NC(=O)[C@H](Cc2c[nH]c3ccccc23)NC(=O)[C@@H]2CCCCN2C(=O)[C@H](CCC(=O)O)NC(=O)CCl)cc1. The van der Waals surface area contributed by atoms with Crippen LogP contribution in [0.2, 0.25) is 0 Å². The van der Waals surface area contributed by atoms with Crippen LogP contribution in [0.4, 0.5) is 8.78 Å². The van der Waals surface area contributed by atoms with Crippen LogP contribution in [0.1, 0.15) is 54.4 Å². The maximum absolute atomic E-state index is 14.3. The van der Waals surface area contributed by atoms with Crippen molar-refractivity contribution in [1.82, 2.24) is 31.2 Å². The van der Waals surface area contributed by atoms with Crippen LogP contribution in [-0.2, 0) is 48.2 Å². The third kappa shape index (κ3) is 11.8. The number of hydrogen-bond acceptors (Lipinski definition) is 6. The highest BCUT2D eigenvalue weighted by Gasteiger charge is 2.38. The van der Waals surface area contributed by atoms with Crippen LogP contribution in [-0.4, -0.2) is 87.1 Å². The number of alkyl halides is 1. The molecule has 302 valence electrons. The lowest BCUT2D eigenvalue weighted by Gasteiger charge is -2.37. The Bertz CT molecular complexity index is 2070. The first-order chi connectivity index (χ1) is 27.3. The van der Waals surface area contributed by atoms with Crippen LogP contribution in [0, 0.1) is 18.6 Å². The van der Waals surface area contributed by atoms with Crippen LogP contribution in [0.25, 0.3) is 10.9 Å². The number of likely N-dealkylation sites (tertiary alicyclic amines) is 1. The molecule has 4 aromatic rings. The molecule has 57 heavy (non-hydrogen) atoms.